The number of likely N-dealkylation sites (tertiary alicyclic amines) is 1. The van der Waals surface area contributed by atoms with Crippen molar-refractivity contribution in [1.82, 2.24) is 9.88 Å². The number of rotatable bonds is 1. The minimum Gasteiger partial charge on any atom is -0.399 e. The Morgan fingerprint density at radius 3 is 2.78 bits per heavy atom. The van der Waals surface area contributed by atoms with Gasteiger partial charge in [0, 0.05) is 30.4 Å². The summed E-state index contributed by atoms with van der Waals surface area (Å²) < 4.78 is 0. The van der Waals surface area contributed by atoms with Gasteiger partial charge in [-0.05, 0) is 36.4 Å². The smallest absolute Gasteiger partial charge is 0.273 e. The van der Waals surface area contributed by atoms with Crippen molar-refractivity contribution >= 4 is 22.4 Å². The number of fused-ring (bicyclic) bond motifs is 1. The van der Waals surface area contributed by atoms with Crippen molar-refractivity contribution in [2.75, 3.05) is 18.8 Å². The van der Waals surface area contributed by atoms with E-state index in [1.54, 1.807) is 6.20 Å². The average molecular weight is 241 g/mol. The standard InChI is InChI=1S/C14H15N3O/c15-11-4-3-10-5-6-16-13(12(10)9-11)14(18)17-7-1-2-8-17/h3-6,9H,1-2,7-8,15H2. The van der Waals surface area contributed by atoms with Crippen molar-refractivity contribution in [3.63, 3.8) is 0 Å². The zero-order chi connectivity index (χ0) is 12.5. The predicted octanol–water partition coefficient (Wildman–Crippen LogP) is 2.05. The highest BCUT2D eigenvalue weighted by atomic mass is 16.2. The number of aromatic nitrogens is 1. The summed E-state index contributed by atoms with van der Waals surface area (Å²) in [6.45, 7) is 1.67. The van der Waals surface area contributed by atoms with Crippen LogP contribution >= 0.6 is 0 Å². The Bertz CT molecular complexity index is 603. The zero-order valence-electron chi connectivity index (χ0n) is 10.1. The molecule has 2 heterocycles. The van der Waals surface area contributed by atoms with Gasteiger partial charge in [-0.15, -0.1) is 0 Å². The third-order valence-corrected chi connectivity index (χ3v) is 3.39. The molecule has 0 spiro atoms. The molecule has 2 N–H and O–H groups in total. The predicted molar refractivity (Wildman–Crippen MR) is 71.3 cm³/mol. The number of anilines is 1. The molecule has 1 aromatic heterocycles. The van der Waals surface area contributed by atoms with E-state index in [0.717, 1.165) is 36.7 Å². The summed E-state index contributed by atoms with van der Waals surface area (Å²) in [5, 5.41) is 1.84. The number of nitrogen functional groups attached to an aromatic ring is 1. The van der Waals surface area contributed by atoms with Crippen molar-refractivity contribution in [3.05, 3.63) is 36.2 Å². The number of hydrogen-bond acceptors (Lipinski definition) is 3. The number of pyridine rings is 1. The fraction of sp³-hybridized carbons (Fsp3) is 0.286. The molecule has 1 aliphatic heterocycles. The Morgan fingerprint density at radius 1 is 1.22 bits per heavy atom. The lowest BCUT2D eigenvalue weighted by Crippen LogP contribution is -2.28. The van der Waals surface area contributed by atoms with Crippen LogP contribution in [0.1, 0.15) is 23.3 Å². The van der Waals surface area contributed by atoms with Gasteiger partial charge in [-0.25, -0.2) is 0 Å². The number of nitrogens with two attached hydrogens (primary N) is 1. The Morgan fingerprint density at radius 2 is 2.00 bits per heavy atom. The van der Waals surface area contributed by atoms with Crippen molar-refractivity contribution < 1.29 is 4.79 Å². The fourth-order valence-corrected chi connectivity index (χ4v) is 2.43. The molecule has 0 saturated carbocycles. The molecular formula is C14H15N3O. The second-order valence-electron chi connectivity index (χ2n) is 4.64. The van der Waals surface area contributed by atoms with Crippen LogP contribution in [-0.4, -0.2) is 28.9 Å². The van der Waals surface area contributed by atoms with E-state index >= 15 is 0 Å². The molecule has 4 heteroatoms. The molecule has 92 valence electrons. The first-order valence-corrected chi connectivity index (χ1v) is 6.19. The van der Waals surface area contributed by atoms with Gasteiger partial charge in [0.15, 0.2) is 0 Å². The maximum atomic E-state index is 12.4. The van der Waals surface area contributed by atoms with Gasteiger partial charge in [-0.1, -0.05) is 6.07 Å². The molecule has 0 unspecified atom stereocenters. The van der Waals surface area contributed by atoms with Crippen molar-refractivity contribution in [2.45, 2.75) is 12.8 Å². The SMILES string of the molecule is Nc1ccc2ccnc(C(=O)N3CCCC3)c2c1. The molecular weight excluding hydrogens is 226 g/mol. The van der Waals surface area contributed by atoms with Gasteiger partial charge >= 0.3 is 0 Å². The Labute approximate surface area is 105 Å². The fourth-order valence-electron chi connectivity index (χ4n) is 2.43. The molecule has 1 amide bonds. The number of carbonyl (C=O) groups is 1. The van der Waals surface area contributed by atoms with Crippen LogP contribution in [0.3, 0.4) is 0 Å². The molecule has 0 bridgehead atoms. The Hall–Kier alpha value is -2.10. The van der Waals surface area contributed by atoms with Crippen LogP contribution in [-0.2, 0) is 0 Å². The molecule has 1 aliphatic rings. The van der Waals surface area contributed by atoms with E-state index in [1.807, 2.05) is 29.2 Å². The summed E-state index contributed by atoms with van der Waals surface area (Å²) in [4.78, 5) is 18.5. The summed E-state index contributed by atoms with van der Waals surface area (Å²) in [5.41, 5.74) is 6.97. The van der Waals surface area contributed by atoms with E-state index in [0.29, 0.717) is 11.4 Å². The third-order valence-electron chi connectivity index (χ3n) is 3.39. The van der Waals surface area contributed by atoms with Gasteiger partial charge in [-0.3, -0.25) is 9.78 Å². The molecule has 0 atom stereocenters. The number of nitrogens with zero attached hydrogens (tertiary/aromatic N) is 2. The van der Waals surface area contributed by atoms with Crippen LogP contribution in [0.4, 0.5) is 5.69 Å². The van der Waals surface area contributed by atoms with Crippen LogP contribution in [0.2, 0.25) is 0 Å². The molecule has 4 nitrogen and oxygen atoms in total. The molecule has 18 heavy (non-hydrogen) atoms. The Balaban J connectivity index is 2.10. The van der Waals surface area contributed by atoms with Crippen LogP contribution in [0, 0.1) is 0 Å². The highest BCUT2D eigenvalue weighted by molar-refractivity contribution is 6.05. The number of carbonyl (C=O) groups excluding carboxylic acids is 1. The van der Waals surface area contributed by atoms with Crippen molar-refractivity contribution in [1.29, 1.82) is 0 Å². The second kappa shape index (κ2) is 4.29. The van der Waals surface area contributed by atoms with E-state index in [1.165, 1.54) is 0 Å². The molecule has 2 aromatic rings. The van der Waals surface area contributed by atoms with E-state index in [-0.39, 0.29) is 5.91 Å². The zero-order valence-corrected chi connectivity index (χ0v) is 10.1. The van der Waals surface area contributed by atoms with Gasteiger partial charge in [0.25, 0.3) is 5.91 Å². The number of benzene rings is 1. The van der Waals surface area contributed by atoms with E-state index in [9.17, 15) is 4.79 Å². The molecule has 3 rings (SSSR count). The lowest BCUT2D eigenvalue weighted by molar-refractivity contribution is 0.0789. The van der Waals surface area contributed by atoms with Crippen LogP contribution in [0.15, 0.2) is 30.5 Å². The molecule has 1 aromatic carbocycles. The average Bonchev–Trinajstić information content (AvgIpc) is 2.91. The van der Waals surface area contributed by atoms with Gasteiger partial charge in [0.2, 0.25) is 0 Å². The Kier molecular flexibility index (Phi) is 2.63. The normalized spacial score (nSPS) is 15.2. The summed E-state index contributed by atoms with van der Waals surface area (Å²) in [6.07, 6.45) is 3.85. The maximum Gasteiger partial charge on any atom is 0.273 e. The van der Waals surface area contributed by atoms with Crippen LogP contribution in [0.25, 0.3) is 10.8 Å². The maximum absolute atomic E-state index is 12.4. The summed E-state index contributed by atoms with van der Waals surface area (Å²) >= 11 is 0. The first kappa shape index (κ1) is 11.0. The van der Waals surface area contributed by atoms with E-state index in [2.05, 4.69) is 4.98 Å². The largest absolute Gasteiger partial charge is 0.399 e. The number of hydrogen-bond donors (Lipinski definition) is 1. The first-order valence-electron chi connectivity index (χ1n) is 6.19. The topological polar surface area (TPSA) is 59.2 Å². The molecule has 1 fully saturated rings. The van der Waals surface area contributed by atoms with Crippen LogP contribution in [0.5, 0.6) is 0 Å². The van der Waals surface area contributed by atoms with Crippen LogP contribution < -0.4 is 5.73 Å². The minimum atomic E-state index is 0.0173. The molecule has 0 aliphatic carbocycles. The van der Waals surface area contributed by atoms with E-state index in [4.69, 9.17) is 5.73 Å². The summed E-state index contributed by atoms with van der Waals surface area (Å²) in [5.74, 6) is 0.0173. The van der Waals surface area contributed by atoms with Gasteiger partial charge < -0.3 is 10.6 Å². The quantitative estimate of drug-likeness (QED) is 0.777. The lowest BCUT2D eigenvalue weighted by atomic mass is 10.1. The molecule has 1 saturated heterocycles. The monoisotopic (exact) mass is 241 g/mol. The molecule has 0 radical (unpaired) electrons. The van der Waals surface area contributed by atoms with Crippen molar-refractivity contribution in [3.8, 4) is 0 Å². The van der Waals surface area contributed by atoms with Gasteiger partial charge in [0.1, 0.15) is 5.69 Å². The van der Waals surface area contributed by atoms with Gasteiger partial charge in [-0.2, -0.15) is 0 Å². The highest BCUT2D eigenvalue weighted by Crippen LogP contribution is 2.22. The second-order valence-corrected chi connectivity index (χ2v) is 4.64. The lowest BCUT2D eigenvalue weighted by Gasteiger charge is -2.15. The van der Waals surface area contributed by atoms with Crippen molar-refractivity contribution in [2.24, 2.45) is 0 Å². The minimum absolute atomic E-state index is 0.0173. The highest BCUT2D eigenvalue weighted by Gasteiger charge is 2.22. The number of amides is 1. The third kappa shape index (κ3) is 1.79. The summed E-state index contributed by atoms with van der Waals surface area (Å²) in [6, 6.07) is 7.49. The summed E-state index contributed by atoms with van der Waals surface area (Å²) in [7, 11) is 0. The van der Waals surface area contributed by atoms with Gasteiger partial charge in [0.05, 0.1) is 0 Å². The van der Waals surface area contributed by atoms with E-state index < -0.39 is 0 Å². The first-order chi connectivity index (χ1) is 8.75.